The number of carboxylic acid groups (broad SMARTS) is 1. The van der Waals surface area contributed by atoms with Crippen LogP contribution in [0.15, 0.2) is 35.5 Å². The highest BCUT2D eigenvalue weighted by atomic mass is 32.2. The van der Waals surface area contributed by atoms with E-state index < -0.39 is 15.8 Å². The number of sulfone groups is 1. The SMILES string of the molecule is Cc1ccc(C(=O)O)c(-n2cc(S(C)(=O)=O)cn2)c1. The summed E-state index contributed by atoms with van der Waals surface area (Å²) in [4.78, 5) is 11.2. The Labute approximate surface area is 110 Å². The molecule has 100 valence electrons. The van der Waals surface area contributed by atoms with Crippen LogP contribution in [-0.2, 0) is 9.84 Å². The zero-order valence-electron chi connectivity index (χ0n) is 10.4. The first-order valence-corrected chi connectivity index (χ1v) is 7.27. The minimum Gasteiger partial charge on any atom is -0.478 e. The van der Waals surface area contributed by atoms with Crippen molar-refractivity contribution in [3.63, 3.8) is 0 Å². The van der Waals surface area contributed by atoms with Crippen LogP contribution in [0.4, 0.5) is 0 Å². The molecule has 0 bridgehead atoms. The smallest absolute Gasteiger partial charge is 0.337 e. The molecule has 2 aromatic rings. The van der Waals surface area contributed by atoms with E-state index in [9.17, 15) is 13.2 Å². The van der Waals surface area contributed by atoms with E-state index in [0.29, 0.717) is 5.69 Å². The highest BCUT2D eigenvalue weighted by molar-refractivity contribution is 7.90. The zero-order chi connectivity index (χ0) is 14.2. The van der Waals surface area contributed by atoms with Crippen LogP contribution in [0.1, 0.15) is 15.9 Å². The van der Waals surface area contributed by atoms with Gasteiger partial charge in [-0.1, -0.05) is 6.07 Å². The lowest BCUT2D eigenvalue weighted by atomic mass is 10.1. The molecule has 6 nitrogen and oxygen atoms in total. The van der Waals surface area contributed by atoms with Crippen molar-refractivity contribution in [1.29, 1.82) is 0 Å². The summed E-state index contributed by atoms with van der Waals surface area (Å²) >= 11 is 0. The van der Waals surface area contributed by atoms with Crippen LogP contribution in [0.5, 0.6) is 0 Å². The minimum absolute atomic E-state index is 0.0466. The summed E-state index contributed by atoms with van der Waals surface area (Å²) in [6.07, 6.45) is 3.57. The van der Waals surface area contributed by atoms with Gasteiger partial charge in [-0.2, -0.15) is 5.10 Å². The van der Waals surface area contributed by atoms with Gasteiger partial charge in [0.1, 0.15) is 4.90 Å². The van der Waals surface area contributed by atoms with Gasteiger partial charge < -0.3 is 5.11 Å². The third-order valence-electron chi connectivity index (χ3n) is 2.62. The van der Waals surface area contributed by atoms with Gasteiger partial charge in [0.25, 0.3) is 0 Å². The predicted molar refractivity (Wildman–Crippen MR) is 68.4 cm³/mol. The lowest BCUT2D eigenvalue weighted by Gasteiger charge is -2.07. The summed E-state index contributed by atoms with van der Waals surface area (Å²) in [7, 11) is -3.36. The maximum absolute atomic E-state index is 11.4. The van der Waals surface area contributed by atoms with Gasteiger partial charge in [0.2, 0.25) is 0 Å². The Bertz CT molecular complexity index is 747. The monoisotopic (exact) mass is 280 g/mol. The molecule has 1 heterocycles. The van der Waals surface area contributed by atoms with Crippen LogP contribution in [0.3, 0.4) is 0 Å². The van der Waals surface area contributed by atoms with Crippen molar-refractivity contribution in [1.82, 2.24) is 9.78 Å². The molecule has 0 aliphatic heterocycles. The molecular weight excluding hydrogens is 268 g/mol. The molecule has 1 aromatic carbocycles. The van der Waals surface area contributed by atoms with E-state index in [1.54, 1.807) is 12.1 Å². The molecule has 19 heavy (non-hydrogen) atoms. The molecule has 0 unspecified atom stereocenters. The van der Waals surface area contributed by atoms with E-state index in [1.807, 2.05) is 6.92 Å². The van der Waals surface area contributed by atoms with Crippen molar-refractivity contribution < 1.29 is 18.3 Å². The zero-order valence-corrected chi connectivity index (χ0v) is 11.2. The molecule has 7 heteroatoms. The van der Waals surface area contributed by atoms with Crippen LogP contribution >= 0.6 is 0 Å². The summed E-state index contributed by atoms with van der Waals surface area (Å²) in [5, 5.41) is 13.0. The Morgan fingerprint density at radius 3 is 2.58 bits per heavy atom. The summed E-state index contributed by atoms with van der Waals surface area (Å²) in [6.45, 7) is 1.82. The van der Waals surface area contributed by atoms with Gasteiger partial charge in [0, 0.05) is 12.5 Å². The van der Waals surface area contributed by atoms with E-state index in [4.69, 9.17) is 5.11 Å². The Hall–Kier alpha value is -2.15. The second-order valence-corrected chi connectivity index (χ2v) is 6.23. The van der Waals surface area contributed by atoms with E-state index in [2.05, 4.69) is 5.10 Å². The van der Waals surface area contributed by atoms with Crippen molar-refractivity contribution >= 4 is 15.8 Å². The summed E-state index contributed by atoms with van der Waals surface area (Å²) in [6, 6.07) is 4.78. The first-order valence-electron chi connectivity index (χ1n) is 5.38. The Morgan fingerprint density at radius 2 is 2.05 bits per heavy atom. The van der Waals surface area contributed by atoms with Crippen molar-refractivity contribution in [2.75, 3.05) is 6.26 Å². The second kappa shape index (κ2) is 4.51. The number of hydrogen-bond donors (Lipinski definition) is 1. The predicted octanol–water partition coefficient (Wildman–Crippen LogP) is 1.28. The molecule has 0 radical (unpaired) electrons. The second-order valence-electron chi connectivity index (χ2n) is 4.22. The van der Waals surface area contributed by atoms with E-state index in [-0.39, 0.29) is 10.5 Å². The van der Waals surface area contributed by atoms with Crippen molar-refractivity contribution in [2.45, 2.75) is 11.8 Å². The first-order chi connectivity index (χ1) is 8.79. The van der Waals surface area contributed by atoms with Gasteiger partial charge in [0.15, 0.2) is 9.84 Å². The molecule has 1 N–H and O–H groups in total. The highest BCUT2D eigenvalue weighted by Gasteiger charge is 2.15. The molecule has 0 amide bonds. The van der Waals surface area contributed by atoms with Crippen molar-refractivity contribution in [3.05, 3.63) is 41.7 Å². The lowest BCUT2D eigenvalue weighted by molar-refractivity contribution is 0.0696. The van der Waals surface area contributed by atoms with E-state index in [1.165, 1.54) is 23.1 Å². The van der Waals surface area contributed by atoms with Gasteiger partial charge in [-0.25, -0.2) is 17.9 Å². The van der Waals surface area contributed by atoms with Crippen molar-refractivity contribution in [3.8, 4) is 5.69 Å². The third-order valence-corrected chi connectivity index (χ3v) is 3.68. The number of nitrogens with zero attached hydrogens (tertiary/aromatic N) is 2. The van der Waals surface area contributed by atoms with Gasteiger partial charge >= 0.3 is 5.97 Å². The number of aromatic carboxylic acids is 1. The molecule has 0 aliphatic carbocycles. The molecule has 0 fully saturated rings. The summed E-state index contributed by atoms with van der Waals surface area (Å²) in [5.74, 6) is -1.09. The van der Waals surface area contributed by atoms with Crippen LogP contribution in [0.25, 0.3) is 5.69 Å². The molecule has 0 spiro atoms. The van der Waals surface area contributed by atoms with Gasteiger partial charge in [-0.15, -0.1) is 0 Å². The highest BCUT2D eigenvalue weighted by Crippen LogP contribution is 2.18. The lowest BCUT2D eigenvalue weighted by Crippen LogP contribution is -2.06. The molecule has 0 saturated carbocycles. The number of benzene rings is 1. The van der Waals surface area contributed by atoms with Gasteiger partial charge in [0.05, 0.1) is 17.4 Å². The molecule has 0 atom stereocenters. The topological polar surface area (TPSA) is 89.3 Å². The van der Waals surface area contributed by atoms with E-state index >= 15 is 0 Å². The average Bonchev–Trinajstić information content (AvgIpc) is 2.77. The number of hydrogen-bond acceptors (Lipinski definition) is 4. The van der Waals surface area contributed by atoms with E-state index in [0.717, 1.165) is 11.8 Å². The third kappa shape index (κ3) is 2.65. The molecule has 2 rings (SSSR count). The normalized spacial score (nSPS) is 11.5. The summed E-state index contributed by atoms with van der Waals surface area (Å²) < 4.78 is 24.0. The number of aromatic nitrogens is 2. The van der Waals surface area contributed by atoms with Crippen LogP contribution in [-0.4, -0.2) is 35.5 Å². The van der Waals surface area contributed by atoms with Crippen molar-refractivity contribution in [2.24, 2.45) is 0 Å². The summed E-state index contributed by atoms with van der Waals surface area (Å²) in [5.41, 5.74) is 1.26. The largest absolute Gasteiger partial charge is 0.478 e. The van der Waals surface area contributed by atoms with Crippen LogP contribution in [0.2, 0.25) is 0 Å². The molecule has 0 aliphatic rings. The standard InChI is InChI=1S/C12H12N2O4S/c1-8-3-4-10(12(15)16)11(5-8)14-7-9(6-13-14)19(2,17)18/h3-7H,1-2H3,(H,15,16). The number of aryl methyl sites for hydroxylation is 1. The molecule has 1 aromatic heterocycles. The van der Waals surface area contributed by atoms with Gasteiger partial charge in [-0.05, 0) is 24.6 Å². The maximum atomic E-state index is 11.4. The Kier molecular flexibility index (Phi) is 3.15. The molecule has 0 saturated heterocycles. The average molecular weight is 280 g/mol. The maximum Gasteiger partial charge on any atom is 0.337 e. The number of carbonyl (C=O) groups is 1. The van der Waals surface area contributed by atoms with Crippen LogP contribution < -0.4 is 0 Å². The number of rotatable bonds is 3. The first kappa shape index (κ1) is 13.3. The Morgan fingerprint density at radius 1 is 1.37 bits per heavy atom. The fourth-order valence-electron chi connectivity index (χ4n) is 1.64. The molecular formula is C12H12N2O4S. The Balaban J connectivity index is 2.62. The van der Waals surface area contributed by atoms with Crippen LogP contribution in [0, 0.1) is 6.92 Å². The fraction of sp³-hybridized carbons (Fsp3) is 0.167. The van der Waals surface area contributed by atoms with Gasteiger partial charge in [-0.3, -0.25) is 0 Å². The minimum atomic E-state index is -3.36. The fourth-order valence-corrected chi connectivity index (χ4v) is 2.17. The quantitative estimate of drug-likeness (QED) is 0.914. The number of carboxylic acids is 1.